The average Bonchev–Trinajstić information content (AvgIpc) is 1.49. The van der Waals surface area contributed by atoms with Gasteiger partial charge in [0.05, 0.1) is 44.5 Å². The molecule has 0 aliphatic rings. The first kappa shape index (κ1) is 54.5. The summed E-state index contributed by atoms with van der Waals surface area (Å²) >= 11 is 0. The van der Waals surface area contributed by atoms with Gasteiger partial charge in [-0.15, -0.1) is 0 Å². The van der Waals surface area contributed by atoms with Gasteiger partial charge in [0.25, 0.3) is 0 Å². The van der Waals surface area contributed by atoms with Gasteiger partial charge in [0.1, 0.15) is 11.2 Å². The smallest absolute Gasteiger partial charge is 0.159 e. The molecule has 0 aliphatic carbocycles. The molecule has 0 fully saturated rings. The van der Waals surface area contributed by atoms with E-state index < -0.39 is 0 Å². The number of benzene rings is 15. The van der Waals surface area contributed by atoms with Gasteiger partial charge in [-0.25, -0.2) is 0 Å². The van der Waals surface area contributed by atoms with Crippen LogP contribution >= 0.6 is 0 Å². The van der Waals surface area contributed by atoms with E-state index in [2.05, 4.69) is 348 Å². The van der Waals surface area contributed by atoms with Crippen LogP contribution in [-0.4, -0.2) is 8.80 Å². The van der Waals surface area contributed by atoms with Crippen molar-refractivity contribution in [2.75, 3.05) is 9.80 Å². The van der Waals surface area contributed by atoms with Gasteiger partial charge >= 0.3 is 0 Å². The van der Waals surface area contributed by atoms with E-state index in [-0.39, 0.29) is 0 Å². The van der Waals surface area contributed by atoms with Crippen LogP contribution in [0.1, 0.15) is 11.1 Å². The molecular weight excluding hydrogens is 1190 g/mol. The molecule has 458 valence electrons. The van der Waals surface area contributed by atoms with Crippen LogP contribution in [0.3, 0.4) is 0 Å². The molecule has 21 aromatic rings. The average molecular weight is 1250 g/mol. The van der Waals surface area contributed by atoms with Crippen molar-refractivity contribution in [3.05, 3.63) is 327 Å². The van der Waals surface area contributed by atoms with E-state index >= 15 is 0 Å². The Morgan fingerprint density at radius 1 is 0.245 bits per heavy atom. The summed E-state index contributed by atoms with van der Waals surface area (Å²) in [6.45, 7) is 4.45. The van der Waals surface area contributed by atoms with Crippen LogP contribution in [0.25, 0.3) is 165 Å². The standard InChI is InChI=1S/C92H58N4O2/c1-55-43-45-61(57-23-7-3-8-24-57)51-77(55)93(75-39-21-35-71-67-31-15-17-41-81(67)97-91(71)75)63-47-49-65-69-33-19-37-73-85-84(60-29-13-6-14-30-60)90-86(83(59-27-11-5-12-28-59)89(85)95(87(69)73)79(65)53-63)74-38-20-34-70-66-50-48-64(54-80(66)96(90)88(70)74)94(78-52-62(46-44-56(78)2)58-25-9-4-10-26-58)76-40-22-36-72-68-32-16-18-42-82(68)98-92(72)76/h3-54H,1-2H3. The van der Waals surface area contributed by atoms with E-state index in [9.17, 15) is 0 Å². The molecular formula is C92H58N4O2. The number of aromatic nitrogens is 2. The zero-order valence-electron chi connectivity index (χ0n) is 53.6. The van der Waals surface area contributed by atoms with Crippen molar-refractivity contribution in [3.8, 4) is 44.5 Å². The summed E-state index contributed by atoms with van der Waals surface area (Å²) in [6, 6.07) is 116. The molecule has 0 saturated carbocycles. The first-order chi connectivity index (χ1) is 48.5. The van der Waals surface area contributed by atoms with Crippen molar-refractivity contribution in [3.63, 3.8) is 0 Å². The molecule has 21 rings (SSSR count). The highest BCUT2D eigenvalue weighted by Crippen LogP contribution is 2.56. The summed E-state index contributed by atoms with van der Waals surface area (Å²) < 4.78 is 19.2. The van der Waals surface area contributed by atoms with Gasteiger partial charge in [0.2, 0.25) is 0 Å². The number of rotatable bonds is 10. The van der Waals surface area contributed by atoms with Crippen molar-refractivity contribution >= 4 is 154 Å². The summed E-state index contributed by atoms with van der Waals surface area (Å²) in [7, 11) is 0. The number of nitrogens with zero attached hydrogens (tertiary/aromatic N) is 4. The maximum absolute atomic E-state index is 6.98. The normalized spacial score (nSPS) is 12.2. The Labute approximate surface area is 563 Å². The molecule has 0 atom stereocenters. The topological polar surface area (TPSA) is 41.6 Å². The lowest BCUT2D eigenvalue weighted by atomic mass is 9.89. The number of fused-ring (bicyclic) bond motifs is 18. The number of hydrogen-bond acceptors (Lipinski definition) is 4. The lowest BCUT2D eigenvalue weighted by Gasteiger charge is -2.28. The fraction of sp³-hybridized carbons (Fsp3) is 0.0217. The number of anilines is 6. The van der Waals surface area contributed by atoms with E-state index in [1.54, 1.807) is 0 Å². The van der Waals surface area contributed by atoms with Crippen molar-refractivity contribution in [2.24, 2.45) is 0 Å². The van der Waals surface area contributed by atoms with Crippen molar-refractivity contribution in [1.29, 1.82) is 0 Å². The molecule has 6 aromatic heterocycles. The van der Waals surface area contributed by atoms with E-state index in [4.69, 9.17) is 8.83 Å². The number of hydrogen-bond donors (Lipinski definition) is 0. The van der Waals surface area contributed by atoms with Crippen LogP contribution in [0.2, 0.25) is 0 Å². The Hall–Kier alpha value is -12.9. The molecule has 15 aromatic carbocycles. The summed E-state index contributed by atoms with van der Waals surface area (Å²) in [5.74, 6) is 0. The lowest BCUT2D eigenvalue weighted by Crippen LogP contribution is -2.12. The Balaban J connectivity index is 0.888. The predicted molar refractivity (Wildman–Crippen MR) is 411 cm³/mol. The first-order valence-corrected chi connectivity index (χ1v) is 33.7. The third-order valence-corrected chi connectivity index (χ3v) is 21.0. The minimum absolute atomic E-state index is 0.839. The van der Waals surface area contributed by atoms with Gasteiger partial charge < -0.3 is 27.4 Å². The fourth-order valence-corrected chi connectivity index (χ4v) is 16.7. The van der Waals surface area contributed by atoms with Crippen molar-refractivity contribution < 1.29 is 8.83 Å². The Bertz CT molecular complexity index is 6410. The molecule has 0 N–H and O–H groups in total. The van der Waals surface area contributed by atoms with Gasteiger partial charge in [-0.05, 0) is 119 Å². The number of aryl methyl sites for hydroxylation is 2. The molecule has 6 heteroatoms. The van der Waals surface area contributed by atoms with Crippen LogP contribution in [0.5, 0.6) is 0 Å². The van der Waals surface area contributed by atoms with Crippen LogP contribution in [0, 0.1) is 13.8 Å². The minimum atomic E-state index is 0.839. The van der Waals surface area contributed by atoms with Crippen molar-refractivity contribution in [1.82, 2.24) is 8.80 Å². The second-order valence-corrected chi connectivity index (χ2v) is 26.3. The Morgan fingerprint density at radius 2 is 0.602 bits per heavy atom. The van der Waals surface area contributed by atoms with Crippen LogP contribution < -0.4 is 9.80 Å². The molecule has 6 nitrogen and oxygen atoms in total. The first-order valence-electron chi connectivity index (χ1n) is 33.7. The minimum Gasteiger partial charge on any atom is -0.454 e. The van der Waals surface area contributed by atoms with Gasteiger partial charge in [0.15, 0.2) is 11.2 Å². The van der Waals surface area contributed by atoms with Gasteiger partial charge in [0, 0.05) is 98.5 Å². The molecule has 0 unspecified atom stereocenters. The molecule has 6 heterocycles. The van der Waals surface area contributed by atoms with E-state index in [0.29, 0.717) is 0 Å². The fourth-order valence-electron chi connectivity index (χ4n) is 16.7. The quantitative estimate of drug-likeness (QED) is 0.137. The molecule has 0 saturated heterocycles. The number of furan rings is 2. The van der Waals surface area contributed by atoms with E-state index in [1.165, 1.54) is 76.3 Å². The predicted octanol–water partition coefficient (Wildman–Crippen LogP) is 26.0. The van der Waals surface area contributed by atoms with Crippen LogP contribution in [0.4, 0.5) is 34.1 Å². The summed E-state index contributed by atoms with van der Waals surface area (Å²) in [4.78, 5) is 4.88. The van der Waals surface area contributed by atoms with Crippen LogP contribution in [-0.2, 0) is 0 Å². The second kappa shape index (κ2) is 20.8. The highest BCUT2D eigenvalue weighted by Gasteiger charge is 2.33. The second-order valence-electron chi connectivity index (χ2n) is 26.3. The molecule has 0 aliphatic heterocycles. The number of para-hydroxylation sites is 6. The van der Waals surface area contributed by atoms with E-state index in [0.717, 1.165) is 134 Å². The maximum Gasteiger partial charge on any atom is 0.159 e. The molecule has 0 bridgehead atoms. The van der Waals surface area contributed by atoms with Gasteiger partial charge in [-0.3, -0.25) is 0 Å². The third-order valence-electron chi connectivity index (χ3n) is 21.0. The highest BCUT2D eigenvalue weighted by molar-refractivity contribution is 6.38. The monoisotopic (exact) mass is 1250 g/mol. The van der Waals surface area contributed by atoms with Gasteiger partial charge in [-0.1, -0.05) is 255 Å². The van der Waals surface area contributed by atoms with Crippen molar-refractivity contribution in [2.45, 2.75) is 13.8 Å². The third kappa shape index (κ3) is 7.73. The molecule has 0 spiro atoms. The van der Waals surface area contributed by atoms with Gasteiger partial charge in [-0.2, -0.15) is 0 Å². The summed E-state index contributed by atoms with van der Waals surface area (Å²) in [5.41, 5.74) is 28.1. The Kier molecular flexibility index (Phi) is 11.6. The zero-order chi connectivity index (χ0) is 64.4. The molecule has 0 amide bonds. The molecule has 98 heavy (non-hydrogen) atoms. The largest absolute Gasteiger partial charge is 0.454 e. The Morgan fingerprint density at radius 3 is 1.03 bits per heavy atom. The maximum atomic E-state index is 6.98. The van der Waals surface area contributed by atoms with Crippen LogP contribution in [0.15, 0.2) is 324 Å². The molecule has 0 radical (unpaired) electrons. The van der Waals surface area contributed by atoms with E-state index in [1.807, 2.05) is 0 Å². The highest BCUT2D eigenvalue weighted by atomic mass is 16.3. The lowest BCUT2D eigenvalue weighted by molar-refractivity contribution is 0.668. The summed E-state index contributed by atoms with van der Waals surface area (Å²) in [6.07, 6.45) is 0. The summed E-state index contributed by atoms with van der Waals surface area (Å²) in [5, 5.41) is 13.9. The zero-order valence-corrected chi connectivity index (χ0v) is 53.6. The SMILES string of the molecule is Cc1ccc(-c2ccccc2)cc1N(c1ccc2c3cccc4c5c(-c6ccccc6)c6c(c(-c7ccccc7)c5n(c2c1)c34)c1cccc2c3ccc(N(c4cc(-c5ccccc5)ccc4C)c4cccc5c4oc4ccccc45)cc3n6c21)c1cccc2c1oc1ccccc12.